The first-order valence-corrected chi connectivity index (χ1v) is 14.1. The zero-order valence-electron chi connectivity index (χ0n) is 22.3. The van der Waals surface area contributed by atoms with Crippen LogP contribution in [0.25, 0.3) is 0 Å². The summed E-state index contributed by atoms with van der Waals surface area (Å²) in [6.45, 7) is 4.41. The van der Waals surface area contributed by atoms with Crippen LogP contribution in [0.3, 0.4) is 0 Å². The molecule has 7 heteroatoms. The fourth-order valence-corrected chi connectivity index (χ4v) is 6.70. The Balaban J connectivity index is 1.58. The van der Waals surface area contributed by atoms with Gasteiger partial charge in [0.05, 0.1) is 24.1 Å². The van der Waals surface area contributed by atoms with Gasteiger partial charge in [0.2, 0.25) is 5.91 Å². The molecule has 2 aliphatic heterocycles. The smallest absolute Gasteiger partial charge is 0.311 e. The number of benzene rings is 2. The molecule has 38 heavy (non-hydrogen) atoms. The average Bonchev–Trinajstić information content (AvgIpc) is 3.04. The van der Waals surface area contributed by atoms with Crippen LogP contribution in [-0.2, 0) is 21.4 Å². The number of hydrogen-bond acceptors (Lipinski definition) is 4. The van der Waals surface area contributed by atoms with Crippen LogP contribution in [0.4, 0.5) is 5.69 Å². The van der Waals surface area contributed by atoms with Gasteiger partial charge in [-0.25, -0.2) is 0 Å². The molecule has 202 valence electrons. The third kappa shape index (κ3) is 5.15. The van der Waals surface area contributed by atoms with Crippen LogP contribution in [0.5, 0.6) is 5.75 Å². The molecular formula is C31H37ClN2O4. The number of nitrogens with zero attached hydrogens (tertiary/aromatic N) is 2. The average molecular weight is 537 g/mol. The summed E-state index contributed by atoms with van der Waals surface area (Å²) in [5, 5.41) is 11.0. The van der Waals surface area contributed by atoms with Crippen molar-refractivity contribution in [2.45, 2.75) is 56.8 Å². The van der Waals surface area contributed by atoms with E-state index in [-0.39, 0.29) is 11.3 Å². The first-order valence-electron chi connectivity index (χ1n) is 13.7. The van der Waals surface area contributed by atoms with E-state index in [2.05, 4.69) is 23.1 Å². The second-order valence-electron chi connectivity index (χ2n) is 11.2. The normalized spacial score (nSPS) is 27.0. The largest absolute Gasteiger partial charge is 0.490 e. The Morgan fingerprint density at radius 3 is 2.79 bits per heavy atom. The summed E-state index contributed by atoms with van der Waals surface area (Å²) >= 11 is 6.36. The van der Waals surface area contributed by atoms with E-state index in [0.717, 1.165) is 68.1 Å². The van der Waals surface area contributed by atoms with Crippen molar-refractivity contribution in [2.75, 3.05) is 38.2 Å². The Bertz CT molecular complexity index is 1240. The van der Waals surface area contributed by atoms with Gasteiger partial charge in [0.1, 0.15) is 5.75 Å². The molecule has 0 aromatic heterocycles. The van der Waals surface area contributed by atoms with Crippen molar-refractivity contribution in [1.82, 2.24) is 4.90 Å². The minimum absolute atomic E-state index is 0.168. The number of likely N-dealkylation sites (N-methyl/N-ethyl adjacent to an activating group) is 1. The molecule has 0 saturated heterocycles. The molecule has 3 aliphatic rings. The van der Waals surface area contributed by atoms with Gasteiger partial charge in [-0.1, -0.05) is 42.8 Å². The third-order valence-corrected chi connectivity index (χ3v) is 8.78. The van der Waals surface area contributed by atoms with E-state index in [4.69, 9.17) is 16.3 Å². The molecule has 2 bridgehead atoms. The van der Waals surface area contributed by atoms with Gasteiger partial charge in [-0.3, -0.25) is 9.59 Å². The fraction of sp³-hybridized carbons (Fsp3) is 0.484. The predicted molar refractivity (Wildman–Crippen MR) is 150 cm³/mol. The molecule has 2 aromatic carbocycles. The van der Waals surface area contributed by atoms with Gasteiger partial charge in [0.25, 0.3) is 0 Å². The van der Waals surface area contributed by atoms with Crippen LogP contribution >= 0.6 is 11.6 Å². The molecule has 0 radical (unpaired) electrons. The molecule has 0 unspecified atom stereocenters. The highest BCUT2D eigenvalue weighted by Gasteiger charge is 2.42. The van der Waals surface area contributed by atoms with Crippen molar-refractivity contribution in [1.29, 1.82) is 0 Å². The number of anilines is 1. The van der Waals surface area contributed by atoms with Crippen LogP contribution in [0.2, 0.25) is 5.02 Å². The van der Waals surface area contributed by atoms with E-state index >= 15 is 0 Å². The number of carbonyl (C=O) groups excluding carboxylic acids is 1. The molecule has 2 aromatic rings. The number of allylic oxidation sites excluding steroid dienone is 1. The van der Waals surface area contributed by atoms with E-state index in [1.54, 1.807) is 18.9 Å². The van der Waals surface area contributed by atoms with Crippen LogP contribution in [0, 0.1) is 5.92 Å². The van der Waals surface area contributed by atoms with Crippen molar-refractivity contribution in [3.8, 4) is 5.75 Å². The number of carbonyl (C=O) groups is 2. The van der Waals surface area contributed by atoms with Crippen LogP contribution in [0.15, 0.2) is 48.6 Å². The first kappa shape index (κ1) is 26.6. The molecule has 0 saturated carbocycles. The lowest BCUT2D eigenvalue weighted by atomic mass is 9.70. The molecule has 5 rings (SSSR count). The van der Waals surface area contributed by atoms with Gasteiger partial charge in [0.15, 0.2) is 0 Å². The lowest BCUT2D eigenvalue weighted by Gasteiger charge is -2.41. The van der Waals surface area contributed by atoms with Crippen molar-refractivity contribution in [2.24, 2.45) is 5.92 Å². The number of halogens is 1. The first-order chi connectivity index (χ1) is 18.3. The lowest BCUT2D eigenvalue weighted by molar-refractivity contribution is -0.145. The molecule has 1 N–H and O–H groups in total. The van der Waals surface area contributed by atoms with Crippen LogP contribution in [0.1, 0.15) is 61.6 Å². The van der Waals surface area contributed by atoms with Gasteiger partial charge in [-0.2, -0.15) is 0 Å². The highest BCUT2D eigenvalue weighted by atomic mass is 35.5. The Morgan fingerprint density at radius 2 is 1.97 bits per heavy atom. The quantitative estimate of drug-likeness (QED) is 0.465. The van der Waals surface area contributed by atoms with E-state index in [9.17, 15) is 14.7 Å². The summed E-state index contributed by atoms with van der Waals surface area (Å²) < 4.78 is 6.53. The topological polar surface area (TPSA) is 70.1 Å². The fourth-order valence-electron chi connectivity index (χ4n) is 6.50. The summed E-state index contributed by atoms with van der Waals surface area (Å²) in [4.78, 5) is 29.7. The molecular weight excluding hydrogens is 500 g/mol. The number of aliphatic carboxylic acids is 1. The van der Waals surface area contributed by atoms with Gasteiger partial charge in [-0.05, 0) is 79.5 Å². The number of rotatable bonds is 1. The number of amides is 1. The summed E-state index contributed by atoms with van der Waals surface area (Å²) in [5.41, 5.74) is 4.00. The van der Waals surface area contributed by atoms with Crippen LogP contribution < -0.4 is 9.64 Å². The molecule has 1 spiro atoms. The van der Waals surface area contributed by atoms with Crippen molar-refractivity contribution in [3.63, 3.8) is 0 Å². The second-order valence-corrected chi connectivity index (χ2v) is 11.6. The van der Waals surface area contributed by atoms with Crippen molar-refractivity contribution in [3.05, 3.63) is 70.3 Å². The maximum atomic E-state index is 13.2. The molecule has 3 atom stereocenters. The van der Waals surface area contributed by atoms with Crippen LogP contribution in [-0.4, -0.2) is 55.2 Å². The standard InChI is InChI=1S/C31H37ClN2O4/c1-21-28(30(36)37)23-10-13-27-26(18-23)34(16-7-5-3-4-6-15-33(2)29(21)35)19-31(20-38-27)14-8-9-22-17-24(32)11-12-25(22)31/h4,6,10-13,17-18,21,28H,3,5,7-9,14-16,19-20H2,1-2H3,(H,36,37)/b6-4+/t21-,28+,31-/m0/s1. The third-order valence-electron chi connectivity index (χ3n) is 8.55. The lowest BCUT2D eigenvalue weighted by Crippen LogP contribution is -2.46. The Hall–Kier alpha value is -2.99. The maximum Gasteiger partial charge on any atom is 0.311 e. The SMILES string of the molecule is C[C@@H]1C(=O)N(C)C/C=C/CCCCN2C[C@@]3(CCCc4cc(Cl)ccc43)COc3ccc(cc32)[C@@H]1C(=O)O. The Morgan fingerprint density at radius 1 is 1.13 bits per heavy atom. The van der Waals surface area contributed by atoms with Gasteiger partial charge in [-0.15, -0.1) is 0 Å². The van der Waals surface area contributed by atoms with Crippen molar-refractivity contribution >= 4 is 29.2 Å². The Labute approximate surface area is 230 Å². The number of ether oxygens (including phenoxy) is 1. The van der Waals surface area contributed by atoms with E-state index in [1.165, 1.54) is 11.1 Å². The zero-order valence-corrected chi connectivity index (χ0v) is 23.0. The van der Waals surface area contributed by atoms with Gasteiger partial charge < -0.3 is 19.6 Å². The number of fused-ring (bicyclic) bond motifs is 3. The van der Waals surface area contributed by atoms with E-state index in [0.29, 0.717) is 18.7 Å². The summed E-state index contributed by atoms with van der Waals surface area (Å²) in [7, 11) is 1.74. The predicted octanol–water partition coefficient (Wildman–Crippen LogP) is 5.82. The minimum atomic E-state index is -0.991. The highest BCUT2D eigenvalue weighted by molar-refractivity contribution is 6.30. The minimum Gasteiger partial charge on any atom is -0.490 e. The number of aryl methyl sites for hydroxylation is 1. The van der Waals surface area contributed by atoms with Crippen molar-refractivity contribution < 1.29 is 19.4 Å². The van der Waals surface area contributed by atoms with E-state index < -0.39 is 17.8 Å². The molecule has 0 fully saturated rings. The molecule has 1 aliphatic carbocycles. The summed E-state index contributed by atoms with van der Waals surface area (Å²) in [6, 6.07) is 11.9. The monoisotopic (exact) mass is 536 g/mol. The summed E-state index contributed by atoms with van der Waals surface area (Å²) in [6.07, 6.45) is 10.2. The number of hydrogen-bond donors (Lipinski definition) is 1. The molecule has 2 heterocycles. The van der Waals surface area contributed by atoms with Gasteiger partial charge >= 0.3 is 5.97 Å². The zero-order chi connectivity index (χ0) is 26.9. The van der Waals surface area contributed by atoms with E-state index in [1.807, 2.05) is 30.3 Å². The number of carboxylic acid groups (broad SMARTS) is 1. The maximum absolute atomic E-state index is 13.2. The van der Waals surface area contributed by atoms with Gasteiger partial charge in [0, 0.05) is 37.1 Å². The highest BCUT2D eigenvalue weighted by Crippen LogP contribution is 2.45. The number of carboxylic acids is 1. The molecule has 1 amide bonds. The molecule has 6 nitrogen and oxygen atoms in total. The summed E-state index contributed by atoms with van der Waals surface area (Å²) in [5.74, 6) is -2.03. The second kappa shape index (κ2) is 11.0. The Kier molecular flexibility index (Phi) is 7.71.